The first kappa shape index (κ1) is 21.6. The van der Waals surface area contributed by atoms with E-state index in [2.05, 4.69) is 15.3 Å². The van der Waals surface area contributed by atoms with Crippen LogP contribution in [-0.4, -0.2) is 21.7 Å². The third-order valence-electron chi connectivity index (χ3n) is 3.83. The topological polar surface area (TPSA) is 94.3 Å². The molecule has 30 heavy (non-hydrogen) atoms. The third-order valence-corrected chi connectivity index (χ3v) is 4.04. The highest BCUT2D eigenvalue weighted by atomic mass is 35.5. The Labute approximate surface area is 175 Å². The molecule has 0 radical (unpaired) electrons. The molecule has 0 fully saturated rings. The maximum atomic E-state index is 13.6. The smallest absolute Gasteiger partial charge is 0.408 e. The molecule has 0 saturated carbocycles. The third kappa shape index (κ3) is 5.50. The van der Waals surface area contributed by atoms with E-state index in [1.165, 1.54) is 12.1 Å². The van der Waals surface area contributed by atoms with E-state index >= 15 is 0 Å². The maximum Gasteiger partial charge on any atom is 0.408 e. The molecule has 3 rings (SSSR count). The van der Waals surface area contributed by atoms with Crippen LogP contribution in [-0.2, 0) is 11.2 Å². The Morgan fingerprint density at radius 2 is 1.87 bits per heavy atom. The van der Waals surface area contributed by atoms with Gasteiger partial charge in [-0.3, -0.25) is 0 Å². The van der Waals surface area contributed by atoms with Crippen molar-refractivity contribution in [1.29, 1.82) is 0 Å². The summed E-state index contributed by atoms with van der Waals surface area (Å²) in [6.45, 7) is 5.01. The van der Waals surface area contributed by atoms with Crippen molar-refractivity contribution in [2.24, 2.45) is 0 Å². The molecule has 0 aliphatic carbocycles. The van der Waals surface area contributed by atoms with Gasteiger partial charge in [-0.25, -0.2) is 23.4 Å². The molecule has 7 nitrogen and oxygen atoms in total. The number of aromatic nitrogens is 2. The second kappa shape index (κ2) is 8.35. The number of carbonyl (C=O) groups excluding carboxylic acids is 1. The number of hydrogen-bond acceptors (Lipinski definition) is 6. The normalized spacial score (nSPS) is 12.6. The van der Waals surface area contributed by atoms with Crippen LogP contribution in [0, 0.1) is 11.6 Å². The van der Waals surface area contributed by atoms with E-state index in [-0.39, 0.29) is 34.1 Å². The molecule has 0 spiro atoms. The van der Waals surface area contributed by atoms with Crippen molar-refractivity contribution in [3.8, 4) is 0 Å². The molecule has 1 aromatic carbocycles. The summed E-state index contributed by atoms with van der Waals surface area (Å²) < 4.78 is 37.7. The summed E-state index contributed by atoms with van der Waals surface area (Å²) in [6.07, 6.45) is -0.955. The number of fused-ring (bicyclic) bond motifs is 1. The van der Waals surface area contributed by atoms with E-state index in [1.54, 1.807) is 20.8 Å². The van der Waals surface area contributed by atoms with Gasteiger partial charge in [0.15, 0.2) is 5.65 Å². The predicted octanol–water partition coefficient (Wildman–Crippen LogP) is 4.32. The number of carbonyl (C=O) groups is 1. The first-order valence-electron chi connectivity index (χ1n) is 8.92. The van der Waals surface area contributed by atoms with E-state index in [1.807, 2.05) is 0 Å². The Hall–Kier alpha value is -3.07. The molecule has 2 aromatic heterocycles. The number of benzene rings is 1. The second-order valence-corrected chi connectivity index (χ2v) is 7.91. The summed E-state index contributed by atoms with van der Waals surface area (Å²) in [5.74, 6) is -1.79. The minimum Gasteiger partial charge on any atom is -0.444 e. The Morgan fingerprint density at radius 3 is 2.50 bits per heavy atom. The molecule has 1 N–H and O–H groups in total. The van der Waals surface area contributed by atoms with Crippen molar-refractivity contribution in [1.82, 2.24) is 15.3 Å². The van der Waals surface area contributed by atoms with Crippen LogP contribution in [0.4, 0.5) is 13.6 Å². The van der Waals surface area contributed by atoms with Crippen LogP contribution in [0.1, 0.15) is 38.3 Å². The van der Waals surface area contributed by atoms with Gasteiger partial charge in [-0.15, -0.1) is 0 Å². The maximum absolute atomic E-state index is 13.6. The highest BCUT2D eigenvalue weighted by Crippen LogP contribution is 2.21. The Bertz CT molecular complexity index is 1140. The fourth-order valence-corrected chi connectivity index (χ4v) is 2.85. The first-order chi connectivity index (χ1) is 14.0. The first-order valence-corrected chi connectivity index (χ1v) is 9.30. The Morgan fingerprint density at radius 1 is 1.20 bits per heavy atom. The molecular formula is C20H18ClF2N3O4. The van der Waals surface area contributed by atoms with Crippen molar-refractivity contribution >= 4 is 28.7 Å². The Kier molecular flexibility index (Phi) is 6.02. The Balaban J connectivity index is 2.02. The van der Waals surface area contributed by atoms with Crippen LogP contribution >= 0.6 is 11.6 Å². The summed E-state index contributed by atoms with van der Waals surface area (Å²) in [5.41, 5.74) is -1.33. The summed E-state index contributed by atoms with van der Waals surface area (Å²) >= 11 is 5.87. The number of rotatable bonds is 4. The zero-order valence-electron chi connectivity index (χ0n) is 16.3. The van der Waals surface area contributed by atoms with E-state index in [4.69, 9.17) is 20.8 Å². The second-order valence-electron chi connectivity index (χ2n) is 7.53. The number of alkyl carbamates (subject to hydrolysis) is 1. The molecular weight excluding hydrogens is 420 g/mol. The van der Waals surface area contributed by atoms with Gasteiger partial charge in [-0.2, -0.15) is 4.98 Å². The zero-order chi connectivity index (χ0) is 22.1. The van der Waals surface area contributed by atoms with E-state index in [9.17, 15) is 18.4 Å². The number of halogens is 3. The molecule has 0 aliphatic heterocycles. The largest absolute Gasteiger partial charge is 0.444 e. The highest BCUT2D eigenvalue weighted by Gasteiger charge is 2.25. The van der Waals surface area contributed by atoms with Crippen molar-refractivity contribution in [3.63, 3.8) is 0 Å². The minimum atomic E-state index is -1.07. The van der Waals surface area contributed by atoms with Crippen LogP contribution < -0.4 is 10.9 Å². The molecule has 1 amide bonds. The zero-order valence-corrected chi connectivity index (χ0v) is 17.1. The molecule has 2 heterocycles. The van der Waals surface area contributed by atoms with Crippen molar-refractivity contribution in [2.45, 2.75) is 38.8 Å². The molecule has 1 unspecified atom stereocenters. The van der Waals surface area contributed by atoms with Gasteiger partial charge in [-0.05, 0) is 50.6 Å². The lowest BCUT2D eigenvalue weighted by atomic mass is 10.1. The average Bonchev–Trinajstić information content (AvgIpc) is 2.58. The SMILES string of the molecule is CC(C)(C)OC(=O)NC(Cc1cc(F)cc(F)c1)c1nc2nc(Cl)ccc2c(=O)o1. The summed E-state index contributed by atoms with van der Waals surface area (Å²) in [4.78, 5) is 32.8. The highest BCUT2D eigenvalue weighted by molar-refractivity contribution is 6.29. The molecule has 0 saturated heterocycles. The van der Waals surface area contributed by atoms with Gasteiger partial charge >= 0.3 is 11.7 Å². The number of amides is 1. The van der Waals surface area contributed by atoms with Crippen LogP contribution in [0.3, 0.4) is 0 Å². The van der Waals surface area contributed by atoms with E-state index < -0.39 is 35.0 Å². The summed E-state index contributed by atoms with van der Waals surface area (Å²) in [7, 11) is 0. The predicted molar refractivity (Wildman–Crippen MR) is 105 cm³/mol. The number of nitrogens with one attached hydrogen (secondary N) is 1. The molecule has 3 aromatic rings. The fraction of sp³-hybridized carbons (Fsp3) is 0.300. The van der Waals surface area contributed by atoms with Gasteiger partial charge in [0.25, 0.3) is 0 Å². The molecule has 158 valence electrons. The minimum absolute atomic E-state index is 0.00941. The molecule has 0 aliphatic rings. The number of nitrogens with zero attached hydrogens (tertiary/aromatic N) is 2. The van der Waals surface area contributed by atoms with Crippen LogP contribution in [0.5, 0.6) is 0 Å². The van der Waals surface area contributed by atoms with Gasteiger partial charge in [0.05, 0.1) is 0 Å². The average molecular weight is 438 g/mol. The van der Waals surface area contributed by atoms with Gasteiger partial charge in [0.1, 0.15) is 33.8 Å². The lowest BCUT2D eigenvalue weighted by Crippen LogP contribution is -2.36. The number of ether oxygens (including phenoxy) is 1. The number of hydrogen-bond donors (Lipinski definition) is 1. The molecule has 1 atom stereocenters. The van der Waals surface area contributed by atoms with Gasteiger partial charge in [0.2, 0.25) is 5.89 Å². The quantitative estimate of drug-likeness (QED) is 0.611. The van der Waals surface area contributed by atoms with Gasteiger partial charge in [-0.1, -0.05) is 11.6 Å². The standard InChI is InChI=1S/C20H18ClF2N3O4/c1-20(2,3)30-19(28)24-14(8-10-6-11(22)9-12(23)7-10)17-26-16-13(18(27)29-17)4-5-15(21)25-16/h4-7,9,14H,8H2,1-3H3,(H,24,28). The lowest BCUT2D eigenvalue weighted by Gasteiger charge is -2.23. The van der Waals surface area contributed by atoms with Crippen LogP contribution in [0.2, 0.25) is 5.15 Å². The molecule has 0 bridgehead atoms. The van der Waals surface area contributed by atoms with Crippen molar-refractivity contribution in [2.75, 3.05) is 0 Å². The summed E-state index contributed by atoms with van der Waals surface area (Å²) in [5, 5.41) is 2.72. The van der Waals surface area contributed by atoms with Crippen LogP contribution in [0.15, 0.2) is 39.5 Å². The van der Waals surface area contributed by atoms with Crippen molar-refractivity contribution < 1.29 is 22.7 Å². The van der Waals surface area contributed by atoms with Crippen LogP contribution in [0.25, 0.3) is 11.0 Å². The van der Waals surface area contributed by atoms with Gasteiger partial charge in [0, 0.05) is 12.5 Å². The van der Waals surface area contributed by atoms with E-state index in [0.29, 0.717) is 0 Å². The lowest BCUT2D eigenvalue weighted by molar-refractivity contribution is 0.0494. The summed E-state index contributed by atoms with van der Waals surface area (Å²) in [6, 6.07) is 4.67. The van der Waals surface area contributed by atoms with Gasteiger partial charge < -0.3 is 14.5 Å². The number of pyridine rings is 1. The monoisotopic (exact) mass is 437 g/mol. The van der Waals surface area contributed by atoms with E-state index in [0.717, 1.165) is 18.2 Å². The van der Waals surface area contributed by atoms with Crippen molar-refractivity contribution in [3.05, 3.63) is 69.0 Å². The molecule has 10 heteroatoms. The fourth-order valence-electron chi connectivity index (χ4n) is 2.71.